The van der Waals surface area contributed by atoms with Crippen molar-refractivity contribution in [2.75, 3.05) is 0 Å². The summed E-state index contributed by atoms with van der Waals surface area (Å²) in [6.07, 6.45) is 0. The lowest BCUT2D eigenvalue weighted by Crippen LogP contribution is -2.29. The van der Waals surface area contributed by atoms with Gasteiger partial charge in [0, 0.05) is 16.4 Å². The van der Waals surface area contributed by atoms with Crippen molar-refractivity contribution in [3.63, 3.8) is 0 Å². The van der Waals surface area contributed by atoms with E-state index in [4.69, 9.17) is 4.42 Å². The minimum absolute atomic E-state index is 0.0734. The van der Waals surface area contributed by atoms with E-state index in [1.807, 2.05) is 36.4 Å². The average molecular weight is 276 g/mol. The summed E-state index contributed by atoms with van der Waals surface area (Å²) in [6, 6.07) is 13.8. The summed E-state index contributed by atoms with van der Waals surface area (Å²) in [5.74, 6) is 0.857. The van der Waals surface area contributed by atoms with E-state index in [2.05, 4.69) is 26.8 Å². The Morgan fingerprint density at radius 1 is 1.05 bits per heavy atom. The van der Waals surface area contributed by atoms with Crippen molar-refractivity contribution in [1.82, 2.24) is 0 Å². The number of carbonyl (C=O) groups excluding carboxylic acids is 1. The average Bonchev–Trinajstić information content (AvgIpc) is 2.86. The van der Waals surface area contributed by atoms with Crippen molar-refractivity contribution in [2.45, 2.75) is 26.2 Å². The largest absolute Gasteiger partial charge is 0.459 e. The van der Waals surface area contributed by atoms with Gasteiger partial charge in [-0.1, -0.05) is 42.0 Å². The van der Waals surface area contributed by atoms with Crippen LogP contribution in [0.15, 0.2) is 46.9 Å². The molecular weight excluding hydrogens is 260 g/mol. The second kappa shape index (κ2) is 3.85. The maximum Gasteiger partial charge on any atom is 0.197 e. The molecule has 0 aliphatic heterocycles. The lowest BCUT2D eigenvalue weighted by atomic mass is 9.71. The lowest BCUT2D eigenvalue weighted by Gasteiger charge is -2.30. The lowest BCUT2D eigenvalue weighted by molar-refractivity contribution is 0.102. The van der Waals surface area contributed by atoms with Gasteiger partial charge in [0.25, 0.3) is 0 Å². The Bertz CT molecular complexity index is 897. The van der Waals surface area contributed by atoms with Crippen LogP contribution >= 0.6 is 0 Å². The monoisotopic (exact) mass is 276 g/mol. The Morgan fingerprint density at radius 2 is 1.81 bits per heavy atom. The number of benzene rings is 2. The third kappa shape index (κ3) is 1.50. The molecule has 21 heavy (non-hydrogen) atoms. The summed E-state index contributed by atoms with van der Waals surface area (Å²) >= 11 is 0. The van der Waals surface area contributed by atoms with E-state index < -0.39 is 0 Å². The van der Waals surface area contributed by atoms with Crippen molar-refractivity contribution in [2.24, 2.45) is 0 Å². The molecular formula is C19H16O2. The number of hydrogen-bond donors (Lipinski definition) is 0. The summed E-state index contributed by atoms with van der Waals surface area (Å²) in [5, 5.41) is 0.914. The van der Waals surface area contributed by atoms with Crippen LogP contribution in [0.4, 0.5) is 0 Å². The van der Waals surface area contributed by atoms with Crippen LogP contribution < -0.4 is 0 Å². The van der Waals surface area contributed by atoms with Crippen molar-refractivity contribution >= 4 is 16.8 Å². The number of fused-ring (bicyclic) bond motifs is 4. The molecule has 1 aromatic heterocycles. The van der Waals surface area contributed by atoms with Gasteiger partial charge in [-0.25, -0.2) is 0 Å². The van der Waals surface area contributed by atoms with Crippen LogP contribution in [-0.2, 0) is 5.41 Å². The summed E-state index contributed by atoms with van der Waals surface area (Å²) in [7, 11) is 0. The molecule has 0 saturated carbocycles. The fourth-order valence-electron chi connectivity index (χ4n) is 3.34. The molecule has 2 aromatic carbocycles. The SMILES string of the molecule is Cc1ccc2c(c1)C(C)(C)c1oc3ccccc3c1C2=O. The molecule has 1 heterocycles. The van der Waals surface area contributed by atoms with E-state index in [0.29, 0.717) is 0 Å². The molecule has 2 heteroatoms. The first-order chi connectivity index (χ1) is 10.00. The molecule has 0 unspecified atom stereocenters. The van der Waals surface area contributed by atoms with Crippen molar-refractivity contribution in [1.29, 1.82) is 0 Å². The van der Waals surface area contributed by atoms with Gasteiger partial charge in [-0.15, -0.1) is 0 Å². The summed E-state index contributed by atoms with van der Waals surface area (Å²) in [6.45, 7) is 6.30. The Labute approximate surface area is 123 Å². The van der Waals surface area contributed by atoms with E-state index in [1.54, 1.807) is 0 Å². The van der Waals surface area contributed by atoms with Gasteiger partial charge in [0.15, 0.2) is 5.78 Å². The number of aryl methyl sites for hydroxylation is 1. The van der Waals surface area contributed by atoms with Gasteiger partial charge in [-0.2, -0.15) is 0 Å². The van der Waals surface area contributed by atoms with E-state index in [1.165, 1.54) is 0 Å². The third-order valence-electron chi connectivity index (χ3n) is 4.48. The van der Waals surface area contributed by atoms with Crippen LogP contribution in [0.3, 0.4) is 0 Å². The van der Waals surface area contributed by atoms with Gasteiger partial charge in [0.05, 0.1) is 5.56 Å². The van der Waals surface area contributed by atoms with Crippen LogP contribution in [-0.4, -0.2) is 5.78 Å². The maximum atomic E-state index is 12.9. The highest BCUT2D eigenvalue weighted by molar-refractivity contribution is 6.19. The normalized spacial score (nSPS) is 15.9. The Kier molecular flexibility index (Phi) is 2.27. The quantitative estimate of drug-likeness (QED) is 0.600. The molecule has 0 N–H and O–H groups in total. The highest BCUT2D eigenvalue weighted by Crippen LogP contribution is 2.45. The van der Waals surface area contributed by atoms with E-state index in [9.17, 15) is 4.79 Å². The molecule has 3 aromatic rings. The van der Waals surface area contributed by atoms with Crippen LogP contribution in [0.1, 0.15) is 46.7 Å². The number of furan rings is 1. The van der Waals surface area contributed by atoms with E-state index in [0.717, 1.165) is 39.0 Å². The topological polar surface area (TPSA) is 30.2 Å². The Morgan fingerprint density at radius 3 is 2.62 bits per heavy atom. The van der Waals surface area contributed by atoms with Gasteiger partial charge < -0.3 is 4.42 Å². The van der Waals surface area contributed by atoms with Crippen molar-refractivity contribution in [3.05, 3.63) is 70.5 Å². The summed E-state index contributed by atoms with van der Waals surface area (Å²) in [5.41, 5.74) is 4.22. The minimum Gasteiger partial charge on any atom is -0.459 e. The molecule has 0 amide bonds. The van der Waals surface area contributed by atoms with Gasteiger partial charge in [0.2, 0.25) is 0 Å². The zero-order chi connectivity index (χ0) is 14.8. The third-order valence-corrected chi connectivity index (χ3v) is 4.48. The maximum absolute atomic E-state index is 12.9. The standard InChI is InChI=1S/C19H16O2/c1-11-8-9-12-14(10-11)19(2,3)18-16(17(12)20)13-6-4-5-7-15(13)21-18/h4-10H,1-3H3. The molecule has 1 aliphatic rings. The van der Waals surface area contributed by atoms with Crippen LogP contribution in [0, 0.1) is 6.92 Å². The first-order valence-corrected chi connectivity index (χ1v) is 7.18. The van der Waals surface area contributed by atoms with Crippen LogP contribution in [0.2, 0.25) is 0 Å². The molecule has 104 valence electrons. The zero-order valence-electron chi connectivity index (χ0n) is 12.4. The van der Waals surface area contributed by atoms with Crippen LogP contribution in [0.25, 0.3) is 11.0 Å². The summed E-state index contributed by atoms with van der Waals surface area (Å²) < 4.78 is 6.05. The fraction of sp³-hybridized carbons (Fsp3) is 0.211. The highest BCUT2D eigenvalue weighted by atomic mass is 16.3. The van der Waals surface area contributed by atoms with Gasteiger partial charge in [0.1, 0.15) is 11.3 Å². The molecule has 0 atom stereocenters. The van der Waals surface area contributed by atoms with E-state index >= 15 is 0 Å². The zero-order valence-corrected chi connectivity index (χ0v) is 12.4. The second-order valence-corrected chi connectivity index (χ2v) is 6.31. The number of ketones is 1. The number of para-hydroxylation sites is 1. The smallest absolute Gasteiger partial charge is 0.197 e. The molecule has 0 bridgehead atoms. The van der Waals surface area contributed by atoms with Gasteiger partial charge in [-0.3, -0.25) is 4.79 Å². The van der Waals surface area contributed by atoms with Crippen LogP contribution in [0.5, 0.6) is 0 Å². The Balaban J connectivity index is 2.14. The minimum atomic E-state index is -0.302. The molecule has 0 spiro atoms. The predicted molar refractivity (Wildman–Crippen MR) is 83.0 cm³/mol. The first-order valence-electron chi connectivity index (χ1n) is 7.18. The number of carbonyl (C=O) groups is 1. The second-order valence-electron chi connectivity index (χ2n) is 6.31. The fourth-order valence-corrected chi connectivity index (χ4v) is 3.34. The molecule has 0 saturated heterocycles. The van der Waals surface area contributed by atoms with Crippen molar-refractivity contribution in [3.8, 4) is 0 Å². The Hall–Kier alpha value is -2.35. The molecule has 2 nitrogen and oxygen atoms in total. The molecule has 1 aliphatic carbocycles. The molecule has 0 radical (unpaired) electrons. The van der Waals surface area contributed by atoms with Crippen molar-refractivity contribution < 1.29 is 9.21 Å². The molecule has 4 rings (SSSR count). The predicted octanol–water partition coefficient (Wildman–Crippen LogP) is 4.61. The highest BCUT2D eigenvalue weighted by Gasteiger charge is 2.41. The first kappa shape index (κ1) is 12.4. The van der Waals surface area contributed by atoms with E-state index in [-0.39, 0.29) is 11.2 Å². The summed E-state index contributed by atoms with van der Waals surface area (Å²) in [4.78, 5) is 12.9. The molecule has 0 fully saturated rings. The van der Waals surface area contributed by atoms with Gasteiger partial charge in [-0.05, 0) is 32.4 Å². The number of rotatable bonds is 0. The number of hydrogen-bond acceptors (Lipinski definition) is 2. The van der Waals surface area contributed by atoms with Gasteiger partial charge >= 0.3 is 0 Å².